The van der Waals surface area contributed by atoms with Gasteiger partial charge < -0.3 is 37.8 Å². The molecule has 1 rings (SSSR count). The number of carbonyl (C=O) groups excluding carboxylic acids is 3. The van der Waals surface area contributed by atoms with Gasteiger partial charge in [-0.3, -0.25) is 19.4 Å². The van der Waals surface area contributed by atoms with Crippen LogP contribution < -0.4 is 27.8 Å². The summed E-state index contributed by atoms with van der Waals surface area (Å²) >= 11 is 0. The molecular formula is C21H39N7O5. The first-order valence-electron chi connectivity index (χ1n) is 11.3. The van der Waals surface area contributed by atoms with E-state index in [2.05, 4.69) is 15.6 Å². The zero-order valence-corrected chi connectivity index (χ0v) is 19.9. The average Bonchev–Trinajstić information content (AvgIpc) is 3.21. The lowest BCUT2D eigenvalue weighted by Gasteiger charge is -2.30. The Bertz CT molecular complexity index is 737. The van der Waals surface area contributed by atoms with Gasteiger partial charge in [0.1, 0.15) is 18.1 Å². The van der Waals surface area contributed by atoms with Crippen LogP contribution >= 0.6 is 0 Å². The average molecular weight is 470 g/mol. The van der Waals surface area contributed by atoms with Gasteiger partial charge in [0.15, 0.2) is 5.96 Å². The lowest BCUT2D eigenvalue weighted by molar-refractivity contribution is -0.143. The van der Waals surface area contributed by atoms with E-state index in [9.17, 15) is 24.3 Å². The Kier molecular flexibility index (Phi) is 11.1. The number of rotatable bonds is 12. The molecule has 0 radical (unpaired) electrons. The monoisotopic (exact) mass is 469 g/mol. The van der Waals surface area contributed by atoms with Gasteiger partial charge in [-0.1, -0.05) is 27.7 Å². The summed E-state index contributed by atoms with van der Waals surface area (Å²) in [5.74, 6) is -3.03. The van der Waals surface area contributed by atoms with E-state index in [1.165, 1.54) is 4.90 Å². The summed E-state index contributed by atoms with van der Waals surface area (Å²) in [6, 6.07) is -3.55. The molecule has 0 aliphatic carbocycles. The quantitative estimate of drug-likeness (QED) is 0.115. The van der Waals surface area contributed by atoms with Gasteiger partial charge in [-0.2, -0.15) is 0 Å². The molecule has 9 N–H and O–H groups in total. The maximum absolute atomic E-state index is 13.0. The van der Waals surface area contributed by atoms with Crippen molar-refractivity contribution in [2.24, 2.45) is 34.0 Å². The number of nitrogens with zero attached hydrogens (tertiary/aromatic N) is 2. The van der Waals surface area contributed by atoms with E-state index in [0.717, 1.165) is 0 Å². The van der Waals surface area contributed by atoms with Crippen molar-refractivity contribution in [3.05, 3.63) is 0 Å². The number of nitrogens with two attached hydrogens (primary N) is 3. The molecule has 4 atom stereocenters. The first-order chi connectivity index (χ1) is 15.4. The molecule has 4 unspecified atom stereocenters. The number of carboxylic acids is 1. The van der Waals surface area contributed by atoms with Crippen molar-refractivity contribution in [2.75, 3.05) is 13.1 Å². The van der Waals surface area contributed by atoms with Gasteiger partial charge in [0.2, 0.25) is 17.7 Å². The molecule has 1 heterocycles. The number of aliphatic imine (C=N–C) groups is 1. The second-order valence-corrected chi connectivity index (χ2v) is 9.04. The SMILES string of the molecule is CC(C)C(N)C(=O)N1CCCC1C(=O)NC(C(=O)NC(CCCN=C(N)N)C(=O)O)C(C)C. The van der Waals surface area contributed by atoms with E-state index in [1.807, 2.05) is 13.8 Å². The second-order valence-electron chi connectivity index (χ2n) is 9.04. The number of carboxylic acid groups (broad SMARTS) is 1. The van der Waals surface area contributed by atoms with Crippen LogP contribution in [0.1, 0.15) is 53.4 Å². The normalized spacial score (nSPS) is 18.5. The number of aliphatic carboxylic acids is 1. The third-order valence-electron chi connectivity index (χ3n) is 5.65. The fraction of sp³-hybridized carbons (Fsp3) is 0.762. The Hall–Kier alpha value is -2.89. The fourth-order valence-corrected chi connectivity index (χ4v) is 3.59. The number of amides is 3. The molecule has 1 fully saturated rings. The minimum atomic E-state index is -1.20. The molecule has 0 bridgehead atoms. The summed E-state index contributed by atoms with van der Waals surface area (Å²) in [6.45, 7) is 7.81. The van der Waals surface area contributed by atoms with Gasteiger partial charge in [0, 0.05) is 13.1 Å². The molecular weight excluding hydrogens is 430 g/mol. The lowest BCUT2D eigenvalue weighted by Crippen LogP contribution is -2.58. The Morgan fingerprint density at radius 3 is 2.24 bits per heavy atom. The number of hydrogen-bond acceptors (Lipinski definition) is 6. The zero-order chi connectivity index (χ0) is 25.3. The van der Waals surface area contributed by atoms with E-state index in [0.29, 0.717) is 25.8 Å². The summed E-state index contributed by atoms with van der Waals surface area (Å²) in [5, 5.41) is 14.6. The Morgan fingerprint density at radius 1 is 1.09 bits per heavy atom. The van der Waals surface area contributed by atoms with Gasteiger partial charge in [0.25, 0.3) is 0 Å². The van der Waals surface area contributed by atoms with E-state index >= 15 is 0 Å². The van der Waals surface area contributed by atoms with E-state index in [1.54, 1.807) is 13.8 Å². The first kappa shape index (κ1) is 28.1. The number of likely N-dealkylation sites (tertiary alicyclic amines) is 1. The first-order valence-corrected chi connectivity index (χ1v) is 11.3. The van der Waals surface area contributed by atoms with Crippen molar-refractivity contribution in [2.45, 2.75) is 77.5 Å². The molecule has 33 heavy (non-hydrogen) atoms. The maximum atomic E-state index is 13.0. The minimum absolute atomic E-state index is 0.0732. The largest absolute Gasteiger partial charge is 0.480 e. The molecule has 12 nitrogen and oxygen atoms in total. The Morgan fingerprint density at radius 2 is 1.73 bits per heavy atom. The van der Waals surface area contributed by atoms with Crippen molar-refractivity contribution in [1.82, 2.24) is 15.5 Å². The van der Waals surface area contributed by atoms with Gasteiger partial charge in [0.05, 0.1) is 6.04 Å². The van der Waals surface area contributed by atoms with Crippen LogP contribution in [0.25, 0.3) is 0 Å². The standard InChI is InChI=1S/C21H39N7O5/c1-11(2)15(22)19(31)28-10-6-8-14(28)17(29)27-16(12(3)4)18(30)26-13(20(32)33)7-5-9-25-21(23)24/h11-16H,5-10,22H2,1-4H3,(H,26,30)(H,27,29)(H,32,33)(H4,23,24,25). The molecule has 1 aliphatic heterocycles. The number of hydrogen-bond donors (Lipinski definition) is 6. The smallest absolute Gasteiger partial charge is 0.326 e. The third-order valence-corrected chi connectivity index (χ3v) is 5.65. The van der Waals surface area contributed by atoms with Crippen molar-refractivity contribution in [1.29, 1.82) is 0 Å². The van der Waals surface area contributed by atoms with Gasteiger partial charge in [-0.05, 0) is 37.5 Å². The van der Waals surface area contributed by atoms with Crippen molar-refractivity contribution in [3.8, 4) is 0 Å². The van der Waals surface area contributed by atoms with Crippen LogP contribution in [-0.2, 0) is 19.2 Å². The van der Waals surface area contributed by atoms with Gasteiger partial charge >= 0.3 is 5.97 Å². The van der Waals surface area contributed by atoms with Crippen LogP contribution in [0.3, 0.4) is 0 Å². The summed E-state index contributed by atoms with van der Waals surface area (Å²) in [5.41, 5.74) is 16.5. The van der Waals surface area contributed by atoms with E-state index < -0.39 is 42.0 Å². The number of carbonyl (C=O) groups is 4. The minimum Gasteiger partial charge on any atom is -0.480 e. The topological polar surface area (TPSA) is 206 Å². The maximum Gasteiger partial charge on any atom is 0.326 e. The molecule has 0 aromatic heterocycles. The molecule has 0 saturated carbocycles. The highest BCUT2D eigenvalue weighted by Gasteiger charge is 2.38. The Balaban J connectivity index is 2.83. The third kappa shape index (κ3) is 8.52. The van der Waals surface area contributed by atoms with Crippen molar-refractivity contribution >= 4 is 29.7 Å². The van der Waals surface area contributed by atoms with Crippen LogP contribution in [0.15, 0.2) is 4.99 Å². The predicted molar refractivity (Wildman–Crippen MR) is 124 cm³/mol. The van der Waals surface area contributed by atoms with Crippen LogP contribution in [0.5, 0.6) is 0 Å². The summed E-state index contributed by atoms with van der Waals surface area (Å²) in [4.78, 5) is 55.4. The van der Waals surface area contributed by atoms with E-state index in [-0.39, 0.29) is 36.7 Å². The van der Waals surface area contributed by atoms with Crippen LogP contribution in [0, 0.1) is 11.8 Å². The molecule has 1 aliphatic rings. The van der Waals surface area contributed by atoms with Crippen LogP contribution in [0.4, 0.5) is 0 Å². The lowest BCUT2D eigenvalue weighted by atomic mass is 10.0. The molecule has 0 aromatic rings. The van der Waals surface area contributed by atoms with Gasteiger partial charge in [-0.15, -0.1) is 0 Å². The number of guanidine groups is 1. The Labute approximate surface area is 194 Å². The van der Waals surface area contributed by atoms with Crippen LogP contribution in [0.2, 0.25) is 0 Å². The molecule has 12 heteroatoms. The highest BCUT2D eigenvalue weighted by atomic mass is 16.4. The molecule has 3 amide bonds. The van der Waals surface area contributed by atoms with E-state index in [4.69, 9.17) is 17.2 Å². The highest BCUT2D eigenvalue weighted by molar-refractivity contribution is 5.94. The van der Waals surface area contributed by atoms with Crippen LogP contribution in [-0.4, -0.2) is 76.9 Å². The highest BCUT2D eigenvalue weighted by Crippen LogP contribution is 2.20. The summed E-state index contributed by atoms with van der Waals surface area (Å²) in [6.07, 6.45) is 1.60. The summed E-state index contributed by atoms with van der Waals surface area (Å²) < 4.78 is 0. The fourth-order valence-electron chi connectivity index (χ4n) is 3.59. The second kappa shape index (κ2) is 13.0. The summed E-state index contributed by atoms with van der Waals surface area (Å²) in [7, 11) is 0. The van der Waals surface area contributed by atoms with Crippen molar-refractivity contribution in [3.63, 3.8) is 0 Å². The predicted octanol–water partition coefficient (Wildman–Crippen LogP) is -1.28. The zero-order valence-electron chi connectivity index (χ0n) is 19.9. The molecule has 0 aromatic carbocycles. The molecule has 188 valence electrons. The van der Waals surface area contributed by atoms with Gasteiger partial charge in [-0.25, -0.2) is 4.79 Å². The van der Waals surface area contributed by atoms with Crippen molar-refractivity contribution < 1.29 is 24.3 Å². The number of nitrogens with one attached hydrogen (secondary N) is 2. The molecule has 1 saturated heterocycles. The molecule has 0 spiro atoms.